The van der Waals surface area contributed by atoms with Crippen LogP contribution >= 0.6 is 12.4 Å². The van der Waals surface area contributed by atoms with E-state index in [1.165, 1.54) is 0 Å². The van der Waals surface area contributed by atoms with E-state index >= 15 is 0 Å². The second kappa shape index (κ2) is 8.87. The summed E-state index contributed by atoms with van der Waals surface area (Å²) in [6.07, 6.45) is 4.08. The Balaban J connectivity index is 0.00000243. The monoisotopic (exact) mass is 379 g/mol. The van der Waals surface area contributed by atoms with E-state index in [4.69, 9.17) is 0 Å². The Bertz CT molecular complexity index is 644. The molecule has 1 aliphatic heterocycles. The van der Waals surface area contributed by atoms with E-state index in [1.807, 2.05) is 38.1 Å². The van der Waals surface area contributed by atoms with Gasteiger partial charge in [-0.25, -0.2) is 0 Å². The number of carbonyl (C=O) groups is 2. The number of anilines is 1. The number of benzene rings is 1. The van der Waals surface area contributed by atoms with Gasteiger partial charge < -0.3 is 16.0 Å². The third-order valence-corrected chi connectivity index (χ3v) is 5.83. The SMILES string of the molecule is CCC(C)C(=O)Nc1cccc(CNC(=O)C2CC23CCNCC3)c1.Cl. The average Bonchev–Trinajstić information content (AvgIpc) is 3.32. The van der Waals surface area contributed by atoms with Gasteiger partial charge in [0.15, 0.2) is 0 Å². The van der Waals surface area contributed by atoms with Crippen LogP contribution in [0.4, 0.5) is 5.69 Å². The van der Waals surface area contributed by atoms with Crippen molar-refractivity contribution >= 4 is 29.9 Å². The van der Waals surface area contributed by atoms with Crippen LogP contribution in [0.5, 0.6) is 0 Å². The summed E-state index contributed by atoms with van der Waals surface area (Å²) in [4.78, 5) is 24.4. The quantitative estimate of drug-likeness (QED) is 0.711. The normalized spacial score (nSPS) is 21.4. The van der Waals surface area contributed by atoms with Gasteiger partial charge in [-0.1, -0.05) is 26.0 Å². The Morgan fingerprint density at radius 3 is 2.73 bits per heavy atom. The molecule has 1 aromatic rings. The number of halogens is 1. The zero-order valence-corrected chi connectivity index (χ0v) is 16.5. The first kappa shape index (κ1) is 20.7. The molecule has 1 aromatic carbocycles. The zero-order chi connectivity index (χ0) is 17.9. The highest BCUT2D eigenvalue weighted by Crippen LogP contribution is 2.58. The Hall–Kier alpha value is -1.59. The molecule has 2 fully saturated rings. The van der Waals surface area contributed by atoms with Gasteiger partial charge in [0.2, 0.25) is 11.8 Å². The maximum Gasteiger partial charge on any atom is 0.227 e. The molecule has 1 aliphatic carbocycles. The number of rotatable bonds is 6. The summed E-state index contributed by atoms with van der Waals surface area (Å²) in [5.41, 5.74) is 2.06. The smallest absolute Gasteiger partial charge is 0.227 e. The van der Waals surface area contributed by atoms with Crippen LogP contribution in [-0.2, 0) is 16.1 Å². The van der Waals surface area contributed by atoms with Crippen molar-refractivity contribution in [1.29, 1.82) is 0 Å². The fraction of sp³-hybridized carbons (Fsp3) is 0.600. The second-order valence-corrected chi connectivity index (χ2v) is 7.59. The lowest BCUT2D eigenvalue weighted by Crippen LogP contribution is -2.33. The lowest BCUT2D eigenvalue weighted by molar-refractivity contribution is -0.123. The lowest BCUT2D eigenvalue weighted by Gasteiger charge is -2.23. The topological polar surface area (TPSA) is 70.2 Å². The van der Waals surface area contributed by atoms with Gasteiger partial charge in [-0.05, 0) is 61.9 Å². The Labute approximate surface area is 162 Å². The molecular formula is C20H30ClN3O2. The van der Waals surface area contributed by atoms with Crippen molar-refractivity contribution in [1.82, 2.24) is 10.6 Å². The summed E-state index contributed by atoms with van der Waals surface area (Å²) < 4.78 is 0. The molecule has 3 rings (SSSR count). The van der Waals surface area contributed by atoms with Crippen molar-refractivity contribution in [2.24, 2.45) is 17.3 Å². The molecule has 2 atom stereocenters. The zero-order valence-electron chi connectivity index (χ0n) is 15.6. The number of amides is 2. The van der Waals surface area contributed by atoms with Crippen LogP contribution < -0.4 is 16.0 Å². The van der Waals surface area contributed by atoms with Gasteiger partial charge in [-0.2, -0.15) is 0 Å². The molecule has 1 saturated carbocycles. The van der Waals surface area contributed by atoms with E-state index in [9.17, 15) is 9.59 Å². The summed E-state index contributed by atoms with van der Waals surface area (Å²) in [6.45, 7) is 6.50. The first-order valence-electron chi connectivity index (χ1n) is 9.42. The molecule has 0 bridgehead atoms. The summed E-state index contributed by atoms with van der Waals surface area (Å²) >= 11 is 0. The van der Waals surface area contributed by atoms with Crippen LogP contribution in [0, 0.1) is 17.3 Å². The minimum Gasteiger partial charge on any atom is -0.352 e. The predicted octanol–water partition coefficient (Wildman–Crippen LogP) is 3.10. The molecule has 144 valence electrons. The minimum absolute atomic E-state index is 0. The Kier molecular flexibility index (Phi) is 7.07. The molecule has 2 aliphatic rings. The van der Waals surface area contributed by atoms with Crippen LogP contribution in [0.1, 0.15) is 45.1 Å². The van der Waals surface area contributed by atoms with Crippen molar-refractivity contribution in [2.45, 2.75) is 46.1 Å². The molecule has 6 heteroatoms. The van der Waals surface area contributed by atoms with Gasteiger partial charge in [0, 0.05) is 24.1 Å². The molecule has 5 nitrogen and oxygen atoms in total. The molecule has 0 radical (unpaired) electrons. The fourth-order valence-corrected chi connectivity index (χ4v) is 3.72. The standard InChI is InChI=1S/C20H29N3O2.ClH/c1-3-14(2)18(24)23-16-6-4-5-15(11-16)13-22-19(25)17-12-20(17)7-9-21-10-8-20;/h4-6,11,14,17,21H,3,7-10,12-13H2,1-2H3,(H,22,25)(H,23,24);1H. The molecule has 0 aromatic heterocycles. The Morgan fingerprint density at radius 1 is 1.31 bits per heavy atom. The third-order valence-electron chi connectivity index (χ3n) is 5.83. The van der Waals surface area contributed by atoms with Crippen LogP contribution in [0.2, 0.25) is 0 Å². The van der Waals surface area contributed by atoms with Crippen molar-refractivity contribution in [3.63, 3.8) is 0 Å². The molecule has 1 heterocycles. The number of carbonyl (C=O) groups excluding carboxylic acids is 2. The van der Waals surface area contributed by atoms with Gasteiger partial charge >= 0.3 is 0 Å². The van der Waals surface area contributed by atoms with Gasteiger partial charge in [0.05, 0.1) is 0 Å². The van der Waals surface area contributed by atoms with Crippen LogP contribution in [0.25, 0.3) is 0 Å². The highest BCUT2D eigenvalue weighted by molar-refractivity contribution is 5.92. The Morgan fingerprint density at radius 2 is 2.04 bits per heavy atom. The number of nitrogens with one attached hydrogen (secondary N) is 3. The minimum atomic E-state index is -0.000557. The molecule has 2 amide bonds. The first-order valence-corrected chi connectivity index (χ1v) is 9.42. The van der Waals surface area contributed by atoms with Gasteiger partial charge in [0.25, 0.3) is 0 Å². The second-order valence-electron chi connectivity index (χ2n) is 7.59. The molecule has 2 unspecified atom stereocenters. The highest BCUT2D eigenvalue weighted by Gasteiger charge is 2.57. The van der Waals surface area contributed by atoms with Crippen LogP contribution in [0.15, 0.2) is 24.3 Å². The van der Waals surface area contributed by atoms with E-state index in [0.29, 0.717) is 6.54 Å². The highest BCUT2D eigenvalue weighted by atomic mass is 35.5. The fourth-order valence-electron chi connectivity index (χ4n) is 3.72. The van der Waals surface area contributed by atoms with E-state index in [1.54, 1.807) is 0 Å². The van der Waals surface area contributed by atoms with Gasteiger partial charge in [-0.3, -0.25) is 9.59 Å². The number of hydrogen-bond donors (Lipinski definition) is 3. The third kappa shape index (κ3) is 4.77. The average molecular weight is 380 g/mol. The molecule has 3 N–H and O–H groups in total. The van der Waals surface area contributed by atoms with Crippen molar-refractivity contribution in [2.75, 3.05) is 18.4 Å². The largest absolute Gasteiger partial charge is 0.352 e. The van der Waals surface area contributed by atoms with Gasteiger partial charge in [0.1, 0.15) is 0 Å². The summed E-state index contributed by atoms with van der Waals surface area (Å²) in [5.74, 6) is 0.396. The predicted molar refractivity (Wildman–Crippen MR) is 106 cm³/mol. The van der Waals surface area contributed by atoms with E-state index in [-0.39, 0.29) is 41.5 Å². The van der Waals surface area contributed by atoms with E-state index in [0.717, 1.165) is 50.0 Å². The van der Waals surface area contributed by atoms with Crippen LogP contribution in [-0.4, -0.2) is 24.9 Å². The van der Waals surface area contributed by atoms with Crippen LogP contribution in [0.3, 0.4) is 0 Å². The molecule has 1 spiro atoms. The maximum absolute atomic E-state index is 12.4. The number of hydrogen-bond acceptors (Lipinski definition) is 3. The summed E-state index contributed by atoms with van der Waals surface area (Å²) in [5, 5.41) is 9.38. The summed E-state index contributed by atoms with van der Waals surface area (Å²) in [6, 6.07) is 7.72. The first-order chi connectivity index (χ1) is 12.0. The van der Waals surface area contributed by atoms with Gasteiger partial charge in [-0.15, -0.1) is 12.4 Å². The number of piperidine rings is 1. The lowest BCUT2D eigenvalue weighted by atomic mass is 9.92. The molecule has 1 saturated heterocycles. The van der Waals surface area contributed by atoms with Crippen molar-refractivity contribution in [3.8, 4) is 0 Å². The molecule has 26 heavy (non-hydrogen) atoms. The van der Waals surface area contributed by atoms with Crippen molar-refractivity contribution in [3.05, 3.63) is 29.8 Å². The maximum atomic E-state index is 12.4. The van der Waals surface area contributed by atoms with Crippen molar-refractivity contribution < 1.29 is 9.59 Å². The van der Waals surface area contributed by atoms with E-state index in [2.05, 4.69) is 16.0 Å². The van der Waals surface area contributed by atoms with E-state index < -0.39 is 0 Å². The summed E-state index contributed by atoms with van der Waals surface area (Å²) in [7, 11) is 0. The molecular weight excluding hydrogens is 350 g/mol.